The maximum Gasteiger partial charge on any atom is 0.237 e. The number of benzene rings is 1. The Morgan fingerprint density at radius 3 is 2.76 bits per heavy atom. The number of methoxy groups -OCH3 is 1. The van der Waals surface area contributed by atoms with Gasteiger partial charge < -0.3 is 15.8 Å². The zero-order valence-corrected chi connectivity index (χ0v) is 12.0. The smallest absolute Gasteiger partial charge is 0.237 e. The van der Waals surface area contributed by atoms with E-state index >= 15 is 0 Å². The predicted octanol–water partition coefficient (Wildman–Crippen LogP) is 1.28. The molecular weight excluding hydrogens is 266 g/mol. The van der Waals surface area contributed by atoms with Gasteiger partial charge in [0, 0.05) is 18.3 Å². The molecule has 1 aromatic carbocycles. The molecule has 0 aliphatic rings. The number of pyridine rings is 1. The number of nitrogens with two attached hydrogens (primary N) is 1. The standard InChI is InChI=1S/C16H19N3O2/c1-21-16-13(8-5-9-18-16)11-19-15(20)14(17)10-12-6-3-2-4-7-12/h2-9,14H,10-11,17H2,1H3,(H,19,20). The molecule has 1 atom stereocenters. The van der Waals surface area contributed by atoms with Crippen molar-refractivity contribution in [3.05, 3.63) is 59.8 Å². The number of amides is 1. The van der Waals surface area contributed by atoms with E-state index in [-0.39, 0.29) is 5.91 Å². The first-order valence-electron chi connectivity index (χ1n) is 6.76. The average molecular weight is 285 g/mol. The Balaban J connectivity index is 1.89. The molecule has 0 radical (unpaired) electrons. The molecule has 1 heterocycles. The molecule has 0 spiro atoms. The van der Waals surface area contributed by atoms with Gasteiger partial charge in [-0.2, -0.15) is 0 Å². The summed E-state index contributed by atoms with van der Waals surface area (Å²) in [5.41, 5.74) is 7.79. The maximum absolute atomic E-state index is 12.0. The van der Waals surface area contributed by atoms with E-state index in [1.54, 1.807) is 19.4 Å². The van der Waals surface area contributed by atoms with E-state index in [0.29, 0.717) is 18.8 Å². The molecule has 0 bridgehead atoms. The molecule has 0 aliphatic carbocycles. The lowest BCUT2D eigenvalue weighted by molar-refractivity contribution is -0.122. The molecule has 2 aromatic rings. The molecule has 1 aromatic heterocycles. The molecule has 5 nitrogen and oxygen atoms in total. The molecule has 5 heteroatoms. The minimum Gasteiger partial charge on any atom is -0.481 e. The molecule has 0 fully saturated rings. The van der Waals surface area contributed by atoms with Gasteiger partial charge in [-0.15, -0.1) is 0 Å². The topological polar surface area (TPSA) is 77.2 Å². The Kier molecular flexibility index (Phi) is 5.29. The summed E-state index contributed by atoms with van der Waals surface area (Å²) in [6, 6.07) is 12.8. The van der Waals surface area contributed by atoms with Crippen molar-refractivity contribution < 1.29 is 9.53 Å². The number of rotatable bonds is 6. The zero-order chi connectivity index (χ0) is 15.1. The molecule has 0 aliphatic heterocycles. The van der Waals surface area contributed by atoms with Crippen LogP contribution in [0.3, 0.4) is 0 Å². The molecule has 2 rings (SSSR count). The summed E-state index contributed by atoms with van der Waals surface area (Å²) in [5.74, 6) is 0.319. The van der Waals surface area contributed by atoms with Crippen molar-refractivity contribution in [3.8, 4) is 5.88 Å². The third kappa shape index (κ3) is 4.29. The van der Waals surface area contributed by atoms with E-state index in [4.69, 9.17) is 10.5 Å². The molecule has 3 N–H and O–H groups in total. The minimum absolute atomic E-state index is 0.190. The normalized spacial score (nSPS) is 11.7. The number of nitrogens with one attached hydrogen (secondary N) is 1. The first-order chi connectivity index (χ1) is 10.2. The van der Waals surface area contributed by atoms with Crippen LogP contribution < -0.4 is 15.8 Å². The third-order valence-corrected chi connectivity index (χ3v) is 3.13. The van der Waals surface area contributed by atoms with Crippen molar-refractivity contribution in [1.29, 1.82) is 0 Å². The zero-order valence-electron chi connectivity index (χ0n) is 12.0. The van der Waals surface area contributed by atoms with Gasteiger partial charge in [0.05, 0.1) is 13.2 Å². The van der Waals surface area contributed by atoms with Crippen molar-refractivity contribution in [3.63, 3.8) is 0 Å². The molecule has 0 saturated carbocycles. The fourth-order valence-electron chi connectivity index (χ4n) is 2.02. The van der Waals surface area contributed by atoms with Crippen molar-refractivity contribution >= 4 is 5.91 Å². The number of hydrogen-bond acceptors (Lipinski definition) is 4. The van der Waals surface area contributed by atoms with Crippen LogP contribution in [0, 0.1) is 0 Å². The van der Waals surface area contributed by atoms with Gasteiger partial charge in [-0.1, -0.05) is 36.4 Å². The summed E-state index contributed by atoms with van der Waals surface area (Å²) in [5, 5.41) is 2.81. The summed E-state index contributed by atoms with van der Waals surface area (Å²) in [4.78, 5) is 16.1. The van der Waals surface area contributed by atoms with Gasteiger partial charge in [0.25, 0.3) is 0 Å². The molecule has 0 saturated heterocycles. The fourth-order valence-corrected chi connectivity index (χ4v) is 2.02. The number of nitrogens with zero attached hydrogens (tertiary/aromatic N) is 1. The highest BCUT2D eigenvalue weighted by Crippen LogP contribution is 2.12. The Hall–Kier alpha value is -2.40. The van der Waals surface area contributed by atoms with Crippen LogP contribution in [-0.4, -0.2) is 24.0 Å². The quantitative estimate of drug-likeness (QED) is 0.838. The summed E-state index contributed by atoms with van der Waals surface area (Å²) in [7, 11) is 1.55. The summed E-state index contributed by atoms with van der Waals surface area (Å²) >= 11 is 0. The fraction of sp³-hybridized carbons (Fsp3) is 0.250. The second-order valence-corrected chi connectivity index (χ2v) is 4.69. The van der Waals surface area contributed by atoms with Crippen molar-refractivity contribution in [2.75, 3.05) is 7.11 Å². The largest absolute Gasteiger partial charge is 0.481 e. The van der Waals surface area contributed by atoms with Crippen LogP contribution in [-0.2, 0) is 17.8 Å². The van der Waals surface area contributed by atoms with Crippen molar-refractivity contribution in [1.82, 2.24) is 10.3 Å². The van der Waals surface area contributed by atoms with E-state index in [1.807, 2.05) is 36.4 Å². The van der Waals surface area contributed by atoms with Crippen LogP contribution in [0.5, 0.6) is 5.88 Å². The summed E-state index contributed by atoms with van der Waals surface area (Å²) < 4.78 is 5.14. The van der Waals surface area contributed by atoms with Crippen LogP contribution in [0.25, 0.3) is 0 Å². The first-order valence-corrected chi connectivity index (χ1v) is 6.76. The number of hydrogen-bond donors (Lipinski definition) is 2. The molecule has 21 heavy (non-hydrogen) atoms. The average Bonchev–Trinajstić information content (AvgIpc) is 2.53. The highest BCUT2D eigenvalue weighted by molar-refractivity contribution is 5.81. The lowest BCUT2D eigenvalue weighted by Gasteiger charge is -2.13. The van der Waals surface area contributed by atoms with Gasteiger partial charge in [-0.3, -0.25) is 4.79 Å². The van der Waals surface area contributed by atoms with Gasteiger partial charge in [-0.25, -0.2) is 4.98 Å². The van der Waals surface area contributed by atoms with Crippen LogP contribution in [0.15, 0.2) is 48.7 Å². The lowest BCUT2D eigenvalue weighted by atomic mass is 10.1. The van der Waals surface area contributed by atoms with E-state index in [2.05, 4.69) is 10.3 Å². The van der Waals surface area contributed by atoms with E-state index < -0.39 is 6.04 Å². The Morgan fingerprint density at radius 1 is 1.29 bits per heavy atom. The Bertz CT molecular complexity index is 587. The van der Waals surface area contributed by atoms with Crippen LogP contribution >= 0.6 is 0 Å². The van der Waals surface area contributed by atoms with Crippen molar-refractivity contribution in [2.45, 2.75) is 19.0 Å². The van der Waals surface area contributed by atoms with E-state index in [9.17, 15) is 4.79 Å². The summed E-state index contributed by atoms with van der Waals surface area (Å²) in [6.07, 6.45) is 2.15. The highest BCUT2D eigenvalue weighted by atomic mass is 16.5. The minimum atomic E-state index is -0.574. The van der Waals surface area contributed by atoms with Crippen LogP contribution in [0.2, 0.25) is 0 Å². The molecular formula is C16H19N3O2. The SMILES string of the molecule is COc1ncccc1CNC(=O)C(N)Cc1ccccc1. The number of carbonyl (C=O) groups excluding carboxylic acids is 1. The highest BCUT2D eigenvalue weighted by Gasteiger charge is 2.14. The second-order valence-electron chi connectivity index (χ2n) is 4.69. The van der Waals surface area contributed by atoms with Gasteiger partial charge in [0.1, 0.15) is 0 Å². The van der Waals surface area contributed by atoms with Gasteiger partial charge in [0.15, 0.2) is 0 Å². The summed E-state index contributed by atoms with van der Waals surface area (Å²) in [6.45, 7) is 0.346. The molecule has 110 valence electrons. The maximum atomic E-state index is 12.0. The Labute approximate surface area is 124 Å². The molecule has 1 amide bonds. The number of aromatic nitrogens is 1. The first kappa shape index (κ1) is 15.0. The second kappa shape index (κ2) is 7.40. The van der Waals surface area contributed by atoms with Gasteiger partial charge >= 0.3 is 0 Å². The number of carbonyl (C=O) groups is 1. The van der Waals surface area contributed by atoms with Crippen molar-refractivity contribution in [2.24, 2.45) is 5.73 Å². The third-order valence-electron chi connectivity index (χ3n) is 3.13. The van der Waals surface area contributed by atoms with E-state index in [1.165, 1.54) is 0 Å². The number of ether oxygens (including phenoxy) is 1. The monoisotopic (exact) mass is 285 g/mol. The Morgan fingerprint density at radius 2 is 2.05 bits per heavy atom. The van der Waals surface area contributed by atoms with Crippen LogP contribution in [0.4, 0.5) is 0 Å². The van der Waals surface area contributed by atoms with Gasteiger partial charge in [-0.05, 0) is 18.1 Å². The van der Waals surface area contributed by atoms with E-state index in [0.717, 1.165) is 11.1 Å². The van der Waals surface area contributed by atoms with Gasteiger partial charge in [0.2, 0.25) is 11.8 Å². The lowest BCUT2D eigenvalue weighted by Crippen LogP contribution is -2.41. The van der Waals surface area contributed by atoms with Crippen LogP contribution in [0.1, 0.15) is 11.1 Å². The predicted molar refractivity (Wildman–Crippen MR) is 80.8 cm³/mol. The molecule has 1 unspecified atom stereocenters.